The highest BCUT2D eigenvalue weighted by atomic mass is 35.5. The molecule has 2 rings (SSSR count). The average Bonchev–Trinajstić information content (AvgIpc) is 2.33. The summed E-state index contributed by atoms with van der Waals surface area (Å²) in [6.45, 7) is 1.90. The second kappa shape index (κ2) is 5.14. The van der Waals surface area contributed by atoms with Gasteiger partial charge in [-0.25, -0.2) is 0 Å². The maximum atomic E-state index is 11.7. The minimum atomic E-state index is -0.0350. The van der Waals surface area contributed by atoms with E-state index in [1.807, 2.05) is 6.92 Å². The minimum Gasteiger partial charge on any atom is -0.506 e. The molecular weight excluding hydrogens is 252 g/mol. The molecule has 0 aliphatic carbocycles. The standard InChI is InChI=1S/C13H13ClN2O2/c1-2-9-11(17)5-6-15-13(9)16-10-4-3-8(14)7-12(10)18/h3-7,18H,2H2,1H3,(H2,15,16,17). The molecule has 3 N–H and O–H groups in total. The number of rotatable bonds is 3. The summed E-state index contributed by atoms with van der Waals surface area (Å²) in [6, 6.07) is 6.24. The molecule has 1 aromatic carbocycles. The van der Waals surface area contributed by atoms with Gasteiger partial charge < -0.3 is 15.4 Å². The zero-order valence-corrected chi connectivity index (χ0v) is 10.6. The van der Waals surface area contributed by atoms with E-state index in [2.05, 4.69) is 10.3 Å². The number of hydrogen-bond donors (Lipinski definition) is 3. The molecule has 0 amide bonds. The summed E-state index contributed by atoms with van der Waals surface area (Å²) < 4.78 is 0. The number of phenols is 1. The van der Waals surface area contributed by atoms with Crippen molar-refractivity contribution in [3.8, 4) is 5.75 Å². The second-order valence-corrected chi connectivity index (χ2v) is 4.27. The van der Waals surface area contributed by atoms with Crippen molar-refractivity contribution in [2.24, 2.45) is 0 Å². The highest BCUT2D eigenvalue weighted by Crippen LogP contribution is 2.29. The number of nitrogens with one attached hydrogen (secondary N) is 2. The lowest BCUT2D eigenvalue weighted by Gasteiger charge is -2.11. The van der Waals surface area contributed by atoms with Crippen LogP contribution in [0.15, 0.2) is 35.3 Å². The fraction of sp³-hybridized carbons (Fsp3) is 0.154. The van der Waals surface area contributed by atoms with E-state index in [-0.39, 0.29) is 11.2 Å². The fourth-order valence-corrected chi connectivity index (χ4v) is 1.89. The Hall–Kier alpha value is -1.94. The summed E-state index contributed by atoms with van der Waals surface area (Å²) in [4.78, 5) is 14.6. The number of hydrogen-bond acceptors (Lipinski definition) is 3. The van der Waals surface area contributed by atoms with Crippen LogP contribution in [0.2, 0.25) is 5.02 Å². The summed E-state index contributed by atoms with van der Waals surface area (Å²) in [5, 5.41) is 13.2. The lowest BCUT2D eigenvalue weighted by molar-refractivity contribution is 0.478. The van der Waals surface area contributed by atoms with Gasteiger partial charge in [-0.15, -0.1) is 0 Å². The van der Waals surface area contributed by atoms with Crippen molar-refractivity contribution < 1.29 is 5.11 Å². The van der Waals surface area contributed by atoms with Crippen LogP contribution in [0, 0.1) is 0 Å². The molecule has 2 aromatic rings. The number of pyridine rings is 1. The van der Waals surface area contributed by atoms with Crippen molar-refractivity contribution in [3.63, 3.8) is 0 Å². The number of phenolic OH excluding ortho intramolecular Hbond substituents is 1. The van der Waals surface area contributed by atoms with Crippen molar-refractivity contribution in [2.45, 2.75) is 13.3 Å². The average molecular weight is 265 g/mol. The molecule has 0 radical (unpaired) electrons. The first-order chi connectivity index (χ1) is 8.61. The van der Waals surface area contributed by atoms with Gasteiger partial charge in [0.05, 0.1) is 5.69 Å². The van der Waals surface area contributed by atoms with Crippen molar-refractivity contribution in [1.82, 2.24) is 4.98 Å². The van der Waals surface area contributed by atoms with Crippen LogP contribution in [0.25, 0.3) is 0 Å². The molecular formula is C13H13ClN2O2. The fourth-order valence-electron chi connectivity index (χ4n) is 1.72. The van der Waals surface area contributed by atoms with E-state index in [0.717, 1.165) is 0 Å². The molecule has 0 saturated heterocycles. The highest BCUT2D eigenvalue weighted by molar-refractivity contribution is 6.30. The normalized spacial score (nSPS) is 10.3. The molecule has 1 heterocycles. The second-order valence-electron chi connectivity index (χ2n) is 3.84. The number of halogens is 1. The third kappa shape index (κ3) is 2.49. The summed E-state index contributed by atoms with van der Waals surface area (Å²) in [7, 11) is 0. The van der Waals surface area contributed by atoms with Gasteiger partial charge in [-0.1, -0.05) is 18.5 Å². The van der Waals surface area contributed by atoms with Gasteiger partial charge in [0.25, 0.3) is 0 Å². The van der Waals surface area contributed by atoms with Crippen LogP contribution in [0.5, 0.6) is 5.75 Å². The maximum absolute atomic E-state index is 11.7. The quantitative estimate of drug-likeness (QED) is 0.747. The molecule has 94 valence electrons. The topological polar surface area (TPSA) is 65.1 Å². The maximum Gasteiger partial charge on any atom is 0.186 e. The number of aromatic nitrogens is 1. The molecule has 4 nitrogen and oxygen atoms in total. The molecule has 0 atom stereocenters. The Balaban J connectivity index is 2.40. The smallest absolute Gasteiger partial charge is 0.186 e. The van der Waals surface area contributed by atoms with Gasteiger partial charge in [-0.3, -0.25) is 4.79 Å². The Bertz CT molecular complexity index is 623. The van der Waals surface area contributed by atoms with Gasteiger partial charge in [0.15, 0.2) is 5.43 Å². The van der Waals surface area contributed by atoms with E-state index in [1.54, 1.807) is 18.3 Å². The molecule has 5 heteroatoms. The van der Waals surface area contributed by atoms with E-state index >= 15 is 0 Å². The predicted octanol–water partition coefficient (Wildman–Crippen LogP) is 3.04. The number of aromatic hydroxyl groups is 1. The molecule has 0 bridgehead atoms. The van der Waals surface area contributed by atoms with Gasteiger partial charge in [0, 0.05) is 28.9 Å². The van der Waals surface area contributed by atoms with Crippen molar-refractivity contribution in [1.29, 1.82) is 0 Å². The van der Waals surface area contributed by atoms with E-state index in [1.165, 1.54) is 12.1 Å². The van der Waals surface area contributed by atoms with Crippen LogP contribution in [0.1, 0.15) is 12.5 Å². The Kier molecular flexibility index (Phi) is 3.58. The molecule has 1 aromatic heterocycles. The van der Waals surface area contributed by atoms with Gasteiger partial charge in [0.2, 0.25) is 0 Å². The summed E-state index contributed by atoms with van der Waals surface area (Å²) >= 11 is 5.76. The monoisotopic (exact) mass is 264 g/mol. The van der Waals surface area contributed by atoms with E-state index in [0.29, 0.717) is 28.5 Å². The Morgan fingerprint density at radius 2 is 2.17 bits per heavy atom. The van der Waals surface area contributed by atoms with Gasteiger partial charge >= 0.3 is 0 Å². The number of benzene rings is 1. The van der Waals surface area contributed by atoms with Crippen LogP contribution >= 0.6 is 11.6 Å². The molecule has 0 fully saturated rings. The molecule has 0 spiro atoms. The summed E-state index contributed by atoms with van der Waals surface area (Å²) in [5.74, 6) is 0.622. The first kappa shape index (κ1) is 12.5. The van der Waals surface area contributed by atoms with Crippen LogP contribution < -0.4 is 10.7 Å². The first-order valence-corrected chi connectivity index (χ1v) is 5.95. The zero-order valence-electron chi connectivity index (χ0n) is 9.83. The number of aromatic amines is 1. The predicted molar refractivity (Wildman–Crippen MR) is 72.8 cm³/mol. The number of anilines is 2. The van der Waals surface area contributed by atoms with Crippen molar-refractivity contribution in [2.75, 3.05) is 5.32 Å². The van der Waals surface area contributed by atoms with Crippen LogP contribution in [-0.2, 0) is 6.42 Å². The van der Waals surface area contributed by atoms with Crippen molar-refractivity contribution >= 4 is 23.1 Å². The lowest BCUT2D eigenvalue weighted by Crippen LogP contribution is -2.11. The summed E-state index contributed by atoms with van der Waals surface area (Å²) in [5.41, 5.74) is 1.11. The third-order valence-electron chi connectivity index (χ3n) is 2.63. The first-order valence-electron chi connectivity index (χ1n) is 5.58. The molecule has 0 aliphatic heterocycles. The molecule has 18 heavy (non-hydrogen) atoms. The van der Waals surface area contributed by atoms with Crippen LogP contribution in [0.3, 0.4) is 0 Å². The zero-order chi connectivity index (χ0) is 13.1. The van der Waals surface area contributed by atoms with E-state index in [4.69, 9.17) is 11.6 Å². The van der Waals surface area contributed by atoms with Gasteiger partial charge in [-0.05, 0) is 18.6 Å². The van der Waals surface area contributed by atoms with Crippen LogP contribution in [-0.4, -0.2) is 10.1 Å². The largest absolute Gasteiger partial charge is 0.506 e. The van der Waals surface area contributed by atoms with E-state index < -0.39 is 0 Å². The molecule has 0 saturated carbocycles. The summed E-state index contributed by atoms with van der Waals surface area (Å²) in [6.07, 6.45) is 2.17. The Morgan fingerprint density at radius 1 is 1.39 bits per heavy atom. The van der Waals surface area contributed by atoms with Gasteiger partial charge in [-0.2, -0.15) is 0 Å². The SMILES string of the molecule is CCc1c(Nc2ccc(Cl)cc2O)[nH]ccc1=O. The number of H-pyrrole nitrogens is 1. The Labute approximate surface area is 109 Å². The molecule has 0 unspecified atom stereocenters. The van der Waals surface area contributed by atoms with Gasteiger partial charge in [0.1, 0.15) is 11.6 Å². The minimum absolute atomic E-state index is 0.0350. The third-order valence-corrected chi connectivity index (χ3v) is 2.87. The van der Waals surface area contributed by atoms with Crippen molar-refractivity contribution in [3.05, 3.63) is 51.3 Å². The van der Waals surface area contributed by atoms with E-state index in [9.17, 15) is 9.90 Å². The Morgan fingerprint density at radius 3 is 2.83 bits per heavy atom. The van der Waals surface area contributed by atoms with Crippen LogP contribution in [0.4, 0.5) is 11.5 Å². The lowest BCUT2D eigenvalue weighted by atomic mass is 10.2. The highest BCUT2D eigenvalue weighted by Gasteiger charge is 2.08. The molecule has 0 aliphatic rings.